The van der Waals surface area contributed by atoms with Gasteiger partial charge in [0.1, 0.15) is 11.9 Å². The molecule has 0 spiro atoms. The Balaban J connectivity index is 1.79. The first-order valence-corrected chi connectivity index (χ1v) is 8.96. The number of nitrogens with one attached hydrogen (secondary N) is 2. The summed E-state index contributed by atoms with van der Waals surface area (Å²) in [7, 11) is -1.88. The van der Waals surface area contributed by atoms with Gasteiger partial charge in [-0.05, 0) is 31.0 Å². The molecule has 130 valence electrons. The third-order valence-electron chi connectivity index (χ3n) is 3.44. The van der Waals surface area contributed by atoms with Crippen LogP contribution in [-0.4, -0.2) is 36.7 Å². The predicted molar refractivity (Wildman–Crippen MR) is 90.8 cm³/mol. The Morgan fingerprint density at radius 2 is 1.96 bits per heavy atom. The van der Waals surface area contributed by atoms with E-state index in [-0.39, 0.29) is 10.8 Å². The normalized spacial score (nSPS) is 12.6. The molecule has 0 aliphatic rings. The van der Waals surface area contributed by atoms with Gasteiger partial charge in [0.15, 0.2) is 0 Å². The average Bonchev–Trinajstić information content (AvgIpc) is 2.91. The van der Waals surface area contributed by atoms with Gasteiger partial charge in [-0.2, -0.15) is 5.10 Å². The Morgan fingerprint density at radius 3 is 2.50 bits per heavy atom. The molecule has 1 heterocycles. The molecule has 1 aromatic carbocycles. The third-order valence-corrected chi connectivity index (χ3v) is 4.37. The smallest absolute Gasteiger partial charge is 0.242 e. The second-order valence-electron chi connectivity index (χ2n) is 5.47. The molecule has 9 heteroatoms. The number of carbonyl (C=O) groups excluding carboxylic acids is 1. The van der Waals surface area contributed by atoms with E-state index in [1.54, 1.807) is 43.0 Å². The third kappa shape index (κ3) is 5.07. The number of hydrogen-bond acceptors (Lipinski definition) is 5. The van der Waals surface area contributed by atoms with E-state index in [0.29, 0.717) is 18.8 Å². The quantitative estimate of drug-likeness (QED) is 0.659. The number of aromatic nitrogens is 2. The van der Waals surface area contributed by atoms with Crippen molar-refractivity contribution in [2.45, 2.75) is 24.3 Å². The van der Waals surface area contributed by atoms with Crippen LogP contribution in [0, 0.1) is 0 Å². The number of hydrogen-bond donors (Lipinski definition) is 3. The van der Waals surface area contributed by atoms with Crippen molar-refractivity contribution in [3.05, 3.63) is 42.1 Å². The first kappa shape index (κ1) is 18.0. The maximum absolute atomic E-state index is 12.0. The van der Waals surface area contributed by atoms with E-state index in [1.807, 2.05) is 0 Å². The summed E-state index contributed by atoms with van der Waals surface area (Å²) >= 11 is 0. The molecule has 0 radical (unpaired) electrons. The van der Waals surface area contributed by atoms with E-state index in [9.17, 15) is 13.2 Å². The molecule has 0 aliphatic heterocycles. The second kappa shape index (κ2) is 7.45. The van der Waals surface area contributed by atoms with Crippen LogP contribution < -0.4 is 15.8 Å². The molecular weight excluding hydrogens is 330 g/mol. The minimum absolute atomic E-state index is 0.0727. The summed E-state index contributed by atoms with van der Waals surface area (Å²) in [5.74, 6) is 0.501. The number of nitrogens with zero attached hydrogens (tertiary/aromatic N) is 2. The molecule has 0 bridgehead atoms. The van der Waals surface area contributed by atoms with E-state index in [0.717, 1.165) is 5.56 Å². The van der Waals surface area contributed by atoms with Crippen LogP contribution in [0.15, 0.2) is 41.4 Å². The number of aryl methyl sites for hydroxylation is 1. The van der Waals surface area contributed by atoms with Crippen LogP contribution in [0.5, 0.6) is 0 Å². The lowest BCUT2D eigenvalue weighted by atomic mass is 10.1. The largest absolute Gasteiger partial charge is 0.357 e. The molecule has 8 nitrogen and oxygen atoms in total. The number of amides is 1. The van der Waals surface area contributed by atoms with Crippen LogP contribution in [0.3, 0.4) is 0 Å². The first-order valence-electron chi connectivity index (χ1n) is 7.41. The maximum atomic E-state index is 12.0. The van der Waals surface area contributed by atoms with Crippen LogP contribution in [0.2, 0.25) is 0 Å². The summed E-state index contributed by atoms with van der Waals surface area (Å²) in [6.07, 6.45) is 2.38. The monoisotopic (exact) mass is 351 g/mol. The number of rotatable bonds is 7. The van der Waals surface area contributed by atoms with Gasteiger partial charge in [0, 0.05) is 25.9 Å². The minimum atomic E-state index is -3.68. The van der Waals surface area contributed by atoms with Gasteiger partial charge in [0.25, 0.3) is 0 Å². The van der Waals surface area contributed by atoms with Gasteiger partial charge >= 0.3 is 0 Å². The van der Waals surface area contributed by atoms with E-state index in [4.69, 9.17) is 5.14 Å². The highest BCUT2D eigenvalue weighted by Gasteiger charge is 2.13. The maximum Gasteiger partial charge on any atom is 0.242 e. The fourth-order valence-electron chi connectivity index (χ4n) is 2.11. The van der Waals surface area contributed by atoms with Crippen LogP contribution in [0.1, 0.15) is 12.5 Å². The van der Waals surface area contributed by atoms with Gasteiger partial charge in [0.2, 0.25) is 15.9 Å². The van der Waals surface area contributed by atoms with Crippen molar-refractivity contribution < 1.29 is 13.2 Å². The molecule has 4 N–H and O–H groups in total. The van der Waals surface area contributed by atoms with Crippen molar-refractivity contribution in [2.75, 3.05) is 11.9 Å². The SMILES string of the molecule is CC(Nc1ccn(C)n1)C(=O)NCCc1ccc(S(N)(=O)=O)cc1. The van der Waals surface area contributed by atoms with E-state index >= 15 is 0 Å². The summed E-state index contributed by atoms with van der Waals surface area (Å²) in [5.41, 5.74) is 0.910. The van der Waals surface area contributed by atoms with Crippen molar-refractivity contribution >= 4 is 21.7 Å². The van der Waals surface area contributed by atoms with E-state index < -0.39 is 16.1 Å². The number of carbonyl (C=O) groups is 1. The lowest BCUT2D eigenvalue weighted by Gasteiger charge is -2.13. The fraction of sp³-hybridized carbons (Fsp3) is 0.333. The van der Waals surface area contributed by atoms with Crippen LogP contribution in [-0.2, 0) is 28.3 Å². The van der Waals surface area contributed by atoms with Crippen molar-refractivity contribution in [1.29, 1.82) is 0 Å². The second-order valence-corrected chi connectivity index (χ2v) is 7.03. The van der Waals surface area contributed by atoms with Crippen LogP contribution >= 0.6 is 0 Å². The minimum Gasteiger partial charge on any atom is -0.357 e. The number of sulfonamides is 1. The zero-order chi connectivity index (χ0) is 17.7. The molecule has 0 aliphatic carbocycles. The Morgan fingerprint density at radius 1 is 1.29 bits per heavy atom. The van der Waals surface area contributed by atoms with E-state index in [1.165, 1.54) is 12.1 Å². The molecule has 1 aromatic heterocycles. The summed E-state index contributed by atoms with van der Waals surface area (Å²) in [5, 5.41) is 15.0. The van der Waals surface area contributed by atoms with Gasteiger partial charge in [-0.1, -0.05) is 12.1 Å². The fourth-order valence-corrected chi connectivity index (χ4v) is 2.62. The standard InChI is InChI=1S/C15H21N5O3S/c1-11(18-14-8-10-20(2)19-14)15(21)17-9-7-12-3-5-13(6-4-12)24(16,22)23/h3-6,8,10-11H,7,9H2,1-2H3,(H,17,21)(H,18,19)(H2,16,22,23). The van der Waals surface area contributed by atoms with Crippen LogP contribution in [0.25, 0.3) is 0 Å². The van der Waals surface area contributed by atoms with Crippen molar-refractivity contribution in [3.8, 4) is 0 Å². The number of benzene rings is 1. The highest BCUT2D eigenvalue weighted by molar-refractivity contribution is 7.89. The highest BCUT2D eigenvalue weighted by atomic mass is 32.2. The Labute approximate surface area is 141 Å². The molecule has 2 rings (SSSR count). The van der Waals surface area contributed by atoms with Gasteiger partial charge < -0.3 is 10.6 Å². The molecular formula is C15H21N5O3S. The van der Waals surface area contributed by atoms with Gasteiger partial charge in [-0.3, -0.25) is 9.48 Å². The summed E-state index contributed by atoms with van der Waals surface area (Å²) in [4.78, 5) is 12.1. The Hall–Kier alpha value is -2.39. The number of primary sulfonamides is 1. The number of anilines is 1. The first-order chi connectivity index (χ1) is 11.3. The highest BCUT2D eigenvalue weighted by Crippen LogP contribution is 2.09. The van der Waals surface area contributed by atoms with Crippen molar-refractivity contribution in [2.24, 2.45) is 12.2 Å². The van der Waals surface area contributed by atoms with Gasteiger partial charge in [0.05, 0.1) is 4.90 Å². The molecule has 1 amide bonds. The molecule has 2 aromatic rings. The zero-order valence-electron chi connectivity index (χ0n) is 13.6. The average molecular weight is 351 g/mol. The Kier molecular flexibility index (Phi) is 5.58. The van der Waals surface area contributed by atoms with Crippen LogP contribution in [0.4, 0.5) is 5.82 Å². The van der Waals surface area contributed by atoms with Crippen molar-refractivity contribution in [3.63, 3.8) is 0 Å². The van der Waals surface area contributed by atoms with Crippen molar-refractivity contribution in [1.82, 2.24) is 15.1 Å². The lowest BCUT2D eigenvalue weighted by Crippen LogP contribution is -2.38. The topological polar surface area (TPSA) is 119 Å². The van der Waals surface area contributed by atoms with E-state index in [2.05, 4.69) is 15.7 Å². The number of nitrogens with two attached hydrogens (primary N) is 1. The summed E-state index contributed by atoms with van der Waals surface area (Å²) < 4.78 is 24.0. The summed E-state index contributed by atoms with van der Waals surface area (Å²) in [6.45, 7) is 2.20. The molecule has 0 saturated heterocycles. The lowest BCUT2D eigenvalue weighted by molar-refractivity contribution is -0.121. The molecule has 1 unspecified atom stereocenters. The van der Waals surface area contributed by atoms with Gasteiger partial charge in [-0.25, -0.2) is 13.6 Å². The summed E-state index contributed by atoms with van der Waals surface area (Å²) in [6, 6.07) is 7.65. The van der Waals surface area contributed by atoms with Gasteiger partial charge in [-0.15, -0.1) is 0 Å². The molecule has 0 fully saturated rings. The zero-order valence-corrected chi connectivity index (χ0v) is 14.4. The Bertz CT molecular complexity index is 799. The molecule has 24 heavy (non-hydrogen) atoms. The molecule has 0 saturated carbocycles. The molecule has 1 atom stereocenters. The predicted octanol–water partition coefficient (Wildman–Crippen LogP) is 0.227.